The Morgan fingerprint density at radius 2 is 1.66 bits per heavy atom. The summed E-state index contributed by atoms with van der Waals surface area (Å²) >= 11 is 0. The summed E-state index contributed by atoms with van der Waals surface area (Å²) in [6.45, 7) is 16.9. The van der Waals surface area contributed by atoms with Crippen LogP contribution in [0.25, 0.3) is 0 Å². The smallest absolute Gasteiger partial charge is 0.410 e. The van der Waals surface area contributed by atoms with Crippen LogP contribution in [0.5, 0.6) is 0 Å². The van der Waals surface area contributed by atoms with Crippen LogP contribution in [-0.2, 0) is 9.53 Å². The molecular weight excluding hydrogens is 521 g/mol. The summed E-state index contributed by atoms with van der Waals surface area (Å²) in [5, 5.41) is 6.25. The molecule has 1 saturated heterocycles. The van der Waals surface area contributed by atoms with Gasteiger partial charge in [-0.05, 0) is 80.1 Å². The average molecular weight is 566 g/mol. The van der Waals surface area contributed by atoms with Crippen molar-refractivity contribution in [2.45, 2.75) is 91.3 Å². The fourth-order valence-corrected chi connectivity index (χ4v) is 3.69. The number of nitrogens with zero attached hydrogens (tertiary/aromatic N) is 3. The van der Waals surface area contributed by atoms with E-state index in [1.54, 1.807) is 0 Å². The maximum Gasteiger partial charge on any atom is 0.410 e. The lowest BCUT2D eigenvalue weighted by molar-refractivity contribution is -0.121. The van der Waals surface area contributed by atoms with E-state index in [2.05, 4.69) is 20.5 Å². The van der Waals surface area contributed by atoms with Gasteiger partial charge >= 0.3 is 6.09 Å². The van der Waals surface area contributed by atoms with Gasteiger partial charge in [0, 0.05) is 37.8 Å². The molecule has 0 unspecified atom stereocenters. The number of likely N-dealkylation sites (tertiary alicyclic amines) is 1. The summed E-state index contributed by atoms with van der Waals surface area (Å²) in [4.78, 5) is 33.7. The number of ether oxygens (including phenoxy) is 1. The molecule has 0 atom stereocenters. The minimum absolute atomic E-state index is 0. The van der Waals surface area contributed by atoms with E-state index in [-0.39, 0.29) is 54.1 Å². The number of hydrogen-bond acceptors (Lipinski definition) is 4. The Morgan fingerprint density at radius 1 is 1.06 bits per heavy atom. The monoisotopic (exact) mass is 565 g/mol. The maximum atomic E-state index is 12.8. The molecule has 1 aliphatic carbocycles. The van der Waals surface area contributed by atoms with Crippen LogP contribution in [0, 0.1) is 5.92 Å². The Kier molecular flexibility index (Phi) is 11.0. The quantitative estimate of drug-likeness (QED) is 0.292. The second-order valence-corrected chi connectivity index (χ2v) is 10.8. The van der Waals surface area contributed by atoms with Crippen molar-refractivity contribution < 1.29 is 14.3 Å². The lowest BCUT2D eigenvalue weighted by Crippen LogP contribution is -2.53. The number of nitrogens with one attached hydrogen (secondary N) is 2. The molecule has 0 bridgehead atoms. The van der Waals surface area contributed by atoms with Crippen LogP contribution in [0.3, 0.4) is 0 Å². The second kappa shape index (κ2) is 12.3. The molecular formula is C23H44IN5O3. The molecule has 9 heteroatoms. The normalized spacial score (nSPS) is 18.0. The molecule has 32 heavy (non-hydrogen) atoms. The van der Waals surface area contributed by atoms with E-state index >= 15 is 0 Å². The van der Waals surface area contributed by atoms with Crippen molar-refractivity contribution in [2.75, 3.05) is 32.7 Å². The largest absolute Gasteiger partial charge is 0.444 e. The SMILES string of the molecule is CCNC(=NCC(=O)NC(C)(C)C)N1CCC(N(CC2CC2)C(=O)OC(C)(C)C)CC1.I. The molecule has 2 rings (SSSR count). The van der Waals surface area contributed by atoms with Crippen LogP contribution in [0.4, 0.5) is 4.79 Å². The van der Waals surface area contributed by atoms with Gasteiger partial charge in [0.15, 0.2) is 5.96 Å². The van der Waals surface area contributed by atoms with Gasteiger partial charge in [-0.3, -0.25) is 4.79 Å². The standard InChI is InChI=1S/C23H43N5O3.HI/c1-8-24-20(25-15-19(29)26-22(2,3)4)27-13-11-18(12-14-27)28(16-17-9-10-17)21(30)31-23(5,6)7;/h17-18H,8-16H2,1-7H3,(H,24,25)(H,26,29);1H. The molecule has 0 aromatic rings. The Labute approximate surface area is 211 Å². The highest BCUT2D eigenvalue weighted by molar-refractivity contribution is 14.0. The lowest BCUT2D eigenvalue weighted by atomic mass is 10.0. The number of carbonyl (C=O) groups is 2. The summed E-state index contributed by atoms with van der Waals surface area (Å²) in [5.74, 6) is 1.29. The van der Waals surface area contributed by atoms with Gasteiger partial charge in [0.2, 0.25) is 5.91 Å². The van der Waals surface area contributed by atoms with E-state index in [9.17, 15) is 9.59 Å². The van der Waals surface area contributed by atoms with Crippen molar-refractivity contribution in [1.82, 2.24) is 20.4 Å². The van der Waals surface area contributed by atoms with Crippen molar-refractivity contribution in [3.05, 3.63) is 0 Å². The number of rotatable bonds is 6. The molecule has 0 aromatic heterocycles. The third-order valence-electron chi connectivity index (χ3n) is 5.21. The van der Waals surface area contributed by atoms with Crippen LogP contribution in [0.1, 0.15) is 74.1 Å². The molecule has 8 nitrogen and oxygen atoms in total. The Bertz CT molecular complexity index is 645. The van der Waals surface area contributed by atoms with E-state index in [1.807, 2.05) is 53.4 Å². The number of halogens is 1. The Morgan fingerprint density at radius 3 is 2.12 bits per heavy atom. The van der Waals surface area contributed by atoms with E-state index in [4.69, 9.17) is 4.74 Å². The predicted octanol–water partition coefficient (Wildman–Crippen LogP) is 3.60. The Hall–Kier alpha value is -1.26. The van der Waals surface area contributed by atoms with E-state index in [1.165, 1.54) is 12.8 Å². The highest BCUT2D eigenvalue weighted by Gasteiger charge is 2.35. The lowest BCUT2D eigenvalue weighted by Gasteiger charge is -2.40. The third kappa shape index (κ3) is 10.6. The van der Waals surface area contributed by atoms with Gasteiger partial charge in [-0.25, -0.2) is 9.79 Å². The zero-order valence-electron chi connectivity index (χ0n) is 21.0. The van der Waals surface area contributed by atoms with Gasteiger partial charge in [-0.15, -0.1) is 24.0 Å². The highest BCUT2D eigenvalue weighted by atomic mass is 127. The van der Waals surface area contributed by atoms with Gasteiger partial charge in [0.1, 0.15) is 12.1 Å². The van der Waals surface area contributed by atoms with Crippen molar-refractivity contribution in [3.63, 3.8) is 0 Å². The van der Waals surface area contributed by atoms with Crippen molar-refractivity contribution in [3.8, 4) is 0 Å². The van der Waals surface area contributed by atoms with Gasteiger partial charge < -0.3 is 25.2 Å². The highest BCUT2D eigenvalue weighted by Crippen LogP contribution is 2.32. The molecule has 2 aliphatic rings. The minimum Gasteiger partial charge on any atom is -0.444 e. The molecule has 1 aliphatic heterocycles. The van der Waals surface area contributed by atoms with Crippen LogP contribution in [0.15, 0.2) is 4.99 Å². The van der Waals surface area contributed by atoms with E-state index in [0.717, 1.165) is 45.0 Å². The number of carbonyl (C=O) groups excluding carboxylic acids is 2. The van der Waals surface area contributed by atoms with Gasteiger partial charge in [0.25, 0.3) is 0 Å². The number of aliphatic imine (C=N–C) groups is 1. The third-order valence-corrected chi connectivity index (χ3v) is 5.21. The van der Waals surface area contributed by atoms with Crippen molar-refractivity contribution >= 4 is 41.9 Å². The summed E-state index contributed by atoms with van der Waals surface area (Å²) in [6, 6.07) is 0.179. The molecule has 186 valence electrons. The molecule has 0 aromatic carbocycles. The number of amides is 2. The van der Waals surface area contributed by atoms with Crippen LogP contribution in [0.2, 0.25) is 0 Å². The van der Waals surface area contributed by atoms with Crippen LogP contribution in [-0.4, -0.2) is 77.7 Å². The number of hydrogen-bond donors (Lipinski definition) is 2. The first-order chi connectivity index (χ1) is 14.4. The fourth-order valence-electron chi connectivity index (χ4n) is 3.69. The molecule has 1 saturated carbocycles. The molecule has 2 amide bonds. The van der Waals surface area contributed by atoms with Crippen molar-refractivity contribution in [1.29, 1.82) is 0 Å². The first-order valence-electron chi connectivity index (χ1n) is 11.7. The molecule has 0 spiro atoms. The topological polar surface area (TPSA) is 86.3 Å². The average Bonchev–Trinajstić information content (AvgIpc) is 3.45. The van der Waals surface area contributed by atoms with Crippen LogP contribution >= 0.6 is 24.0 Å². The summed E-state index contributed by atoms with van der Waals surface area (Å²) < 4.78 is 5.69. The summed E-state index contributed by atoms with van der Waals surface area (Å²) in [7, 11) is 0. The van der Waals surface area contributed by atoms with E-state index in [0.29, 0.717) is 5.92 Å². The first kappa shape index (κ1) is 28.8. The van der Waals surface area contributed by atoms with Crippen LogP contribution < -0.4 is 10.6 Å². The molecule has 0 radical (unpaired) electrons. The second-order valence-electron chi connectivity index (χ2n) is 10.8. The number of piperidine rings is 1. The van der Waals surface area contributed by atoms with Gasteiger partial charge in [-0.1, -0.05) is 0 Å². The molecule has 1 heterocycles. The predicted molar refractivity (Wildman–Crippen MR) is 140 cm³/mol. The van der Waals surface area contributed by atoms with Crippen molar-refractivity contribution in [2.24, 2.45) is 10.9 Å². The zero-order valence-corrected chi connectivity index (χ0v) is 23.3. The number of guanidine groups is 1. The van der Waals surface area contributed by atoms with E-state index < -0.39 is 5.60 Å². The minimum atomic E-state index is -0.488. The fraction of sp³-hybridized carbons (Fsp3) is 0.870. The molecule has 2 N–H and O–H groups in total. The maximum absolute atomic E-state index is 12.8. The zero-order chi connectivity index (χ0) is 23.2. The summed E-state index contributed by atoms with van der Waals surface area (Å²) in [6.07, 6.45) is 3.94. The Balaban J connectivity index is 0.00000512. The first-order valence-corrected chi connectivity index (χ1v) is 11.7. The van der Waals surface area contributed by atoms with Gasteiger partial charge in [0.05, 0.1) is 0 Å². The molecule has 2 fully saturated rings. The van der Waals surface area contributed by atoms with Gasteiger partial charge in [-0.2, -0.15) is 0 Å². The summed E-state index contributed by atoms with van der Waals surface area (Å²) in [5.41, 5.74) is -0.756.